The van der Waals surface area contributed by atoms with Crippen molar-refractivity contribution in [2.24, 2.45) is 0 Å². The van der Waals surface area contributed by atoms with Crippen LogP contribution in [0.4, 0.5) is 11.4 Å². The lowest BCUT2D eigenvalue weighted by Gasteiger charge is -2.38. The molecule has 0 bridgehead atoms. The number of rotatable bonds is 0. The van der Waals surface area contributed by atoms with Gasteiger partial charge in [-0.05, 0) is 60.1 Å². The van der Waals surface area contributed by atoms with Crippen LogP contribution in [0.2, 0.25) is 0 Å². The second-order valence-electron chi connectivity index (χ2n) is 5.33. The zero-order valence-electron chi connectivity index (χ0n) is 10.1. The number of hydrogen-bond donors (Lipinski definition) is 2. The number of benzene rings is 1. The van der Waals surface area contributed by atoms with E-state index in [-0.39, 0.29) is 0 Å². The summed E-state index contributed by atoms with van der Waals surface area (Å²) in [6.07, 6.45) is 8.09. The first kappa shape index (κ1) is 11.6. The van der Waals surface area contributed by atoms with Crippen LogP contribution in [-0.4, -0.2) is 12.1 Å². The van der Waals surface area contributed by atoms with E-state index in [1.807, 2.05) is 0 Å². The first-order valence-electron chi connectivity index (χ1n) is 6.59. The Morgan fingerprint density at radius 1 is 1.00 bits per heavy atom. The van der Waals surface area contributed by atoms with Gasteiger partial charge in [0, 0.05) is 15.7 Å². The number of halogens is 1. The molecule has 1 aromatic carbocycles. The number of anilines is 2. The molecule has 0 radical (unpaired) electrons. The molecule has 1 heterocycles. The summed E-state index contributed by atoms with van der Waals surface area (Å²) >= 11 is 2.38. The van der Waals surface area contributed by atoms with Crippen LogP contribution < -0.4 is 10.6 Å². The van der Waals surface area contributed by atoms with Gasteiger partial charge >= 0.3 is 0 Å². The fourth-order valence-electron chi connectivity index (χ4n) is 3.16. The lowest BCUT2D eigenvalue weighted by atomic mass is 9.79. The molecule has 1 aromatic rings. The Labute approximate surface area is 117 Å². The highest BCUT2D eigenvalue weighted by molar-refractivity contribution is 14.1. The van der Waals surface area contributed by atoms with Crippen LogP contribution in [0.5, 0.6) is 0 Å². The molecule has 17 heavy (non-hydrogen) atoms. The van der Waals surface area contributed by atoms with E-state index < -0.39 is 0 Å². The molecule has 2 N–H and O–H groups in total. The van der Waals surface area contributed by atoms with E-state index in [4.69, 9.17) is 0 Å². The van der Waals surface area contributed by atoms with Crippen molar-refractivity contribution in [1.82, 2.24) is 0 Å². The quantitative estimate of drug-likeness (QED) is 0.690. The third kappa shape index (κ3) is 2.39. The second kappa shape index (κ2) is 4.67. The summed E-state index contributed by atoms with van der Waals surface area (Å²) in [7, 11) is 0. The molecule has 2 nitrogen and oxygen atoms in total. The van der Waals surface area contributed by atoms with Crippen LogP contribution in [0, 0.1) is 3.57 Å². The number of hydrogen-bond acceptors (Lipinski definition) is 2. The summed E-state index contributed by atoms with van der Waals surface area (Å²) in [6, 6.07) is 6.66. The normalized spacial score (nSPS) is 22.2. The molecule has 1 aliphatic carbocycles. The standard InChI is InChI=1S/C14H19IN2/c15-11-4-5-12-13(10-11)16-9-8-14(17-12)6-2-1-3-7-14/h4-5,10,16-17H,1-3,6-9H2. The lowest BCUT2D eigenvalue weighted by Crippen LogP contribution is -2.40. The summed E-state index contributed by atoms with van der Waals surface area (Å²) in [5.74, 6) is 0. The topological polar surface area (TPSA) is 24.1 Å². The molecule has 3 heteroatoms. The van der Waals surface area contributed by atoms with Gasteiger partial charge in [-0.1, -0.05) is 19.3 Å². The van der Waals surface area contributed by atoms with Crippen molar-refractivity contribution in [3.63, 3.8) is 0 Å². The maximum Gasteiger partial charge on any atom is 0.0586 e. The summed E-state index contributed by atoms with van der Waals surface area (Å²) < 4.78 is 1.30. The molecule has 2 aliphatic rings. The van der Waals surface area contributed by atoms with Crippen LogP contribution >= 0.6 is 22.6 Å². The average Bonchev–Trinajstić information content (AvgIpc) is 2.49. The second-order valence-corrected chi connectivity index (χ2v) is 6.58. The molecule has 1 aliphatic heterocycles. The Morgan fingerprint density at radius 2 is 1.82 bits per heavy atom. The lowest BCUT2D eigenvalue weighted by molar-refractivity contribution is 0.313. The zero-order chi connectivity index (χ0) is 11.7. The van der Waals surface area contributed by atoms with Gasteiger partial charge in [0.1, 0.15) is 0 Å². The van der Waals surface area contributed by atoms with E-state index >= 15 is 0 Å². The summed E-state index contributed by atoms with van der Waals surface area (Å²) in [5.41, 5.74) is 2.94. The Bertz CT molecular complexity index is 411. The van der Waals surface area contributed by atoms with E-state index in [1.54, 1.807) is 0 Å². The minimum Gasteiger partial charge on any atom is -0.383 e. The minimum atomic E-state index is 0.364. The highest BCUT2D eigenvalue weighted by Crippen LogP contribution is 2.38. The predicted octanol–water partition coefficient (Wildman–Crippen LogP) is 4.22. The fraction of sp³-hybridized carbons (Fsp3) is 0.571. The predicted molar refractivity (Wildman–Crippen MR) is 81.7 cm³/mol. The van der Waals surface area contributed by atoms with Crippen LogP contribution in [-0.2, 0) is 0 Å². The van der Waals surface area contributed by atoms with Crippen molar-refractivity contribution >= 4 is 34.0 Å². The molecule has 1 fully saturated rings. The molecular formula is C14H19IN2. The van der Waals surface area contributed by atoms with Crippen molar-refractivity contribution in [2.45, 2.75) is 44.1 Å². The van der Waals surface area contributed by atoms with E-state index in [1.165, 1.54) is 53.5 Å². The molecule has 92 valence electrons. The van der Waals surface area contributed by atoms with Crippen molar-refractivity contribution in [3.05, 3.63) is 21.8 Å². The summed E-state index contributed by atoms with van der Waals surface area (Å²) in [5, 5.41) is 7.41. The maximum absolute atomic E-state index is 3.84. The largest absolute Gasteiger partial charge is 0.383 e. The van der Waals surface area contributed by atoms with Crippen LogP contribution in [0.25, 0.3) is 0 Å². The molecule has 0 saturated heterocycles. The molecule has 3 rings (SSSR count). The Balaban J connectivity index is 1.90. The summed E-state index contributed by atoms with van der Waals surface area (Å²) in [4.78, 5) is 0. The van der Waals surface area contributed by atoms with Crippen molar-refractivity contribution in [1.29, 1.82) is 0 Å². The van der Waals surface area contributed by atoms with E-state index in [0.717, 1.165) is 6.54 Å². The fourth-order valence-corrected chi connectivity index (χ4v) is 3.65. The van der Waals surface area contributed by atoms with E-state index in [0.29, 0.717) is 5.54 Å². The smallest absolute Gasteiger partial charge is 0.0586 e. The van der Waals surface area contributed by atoms with Gasteiger partial charge in [-0.2, -0.15) is 0 Å². The Morgan fingerprint density at radius 3 is 2.65 bits per heavy atom. The van der Waals surface area contributed by atoms with Crippen LogP contribution in [0.1, 0.15) is 38.5 Å². The summed E-state index contributed by atoms with van der Waals surface area (Å²) in [6.45, 7) is 1.10. The minimum absolute atomic E-state index is 0.364. The van der Waals surface area contributed by atoms with Gasteiger partial charge in [-0.15, -0.1) is 0 Å². The van der Waals surface area contributed by atoms with Crippen LogP contribution in [0.15, 0.2) is 18.2 Å². The number of fused-ring (bicyclic) bond motifs is 1. The highest BCUT2D eigenvalue weighted by atomic mass is 127. The Kier molecular flexibility index (Phi) is 3.19. The van der Waals surface area contributed by atoms with Gasteiger partial charge < -0.3 is 10.6 Å². The molecule has 0 unspecified atom stereocenters. The Hall–Kier alpha value is -0.450. The first-order valence-corrected chi connectivity index (χ1v) is 7.67. The third-order valence-corrected chi connectivity index (χ3v) is 4.78. The number of nitrogens with one attached hydrogen (secondary N) is 2. The molecule has 0 amide bonds. The third-order valence-electron chi connectivity index (χ3n) is 4.11. The maximum atomic E-state index is 3.84. The van der Waals surface area contributed by atoms with Crippen LogP contribution in [0.3, 0.4) is 0 Å². The zero-order valence-corrected chi connectivity index (χ0v) is 12.2. The molecule has 0 atom stereocenters. The van der Waals surface area contributed by atoms with Crippen molar-refractivity contribution < 1.29 is 0 Å². The molecule has 1 spiro atoms. The van der Waals surface area contributed by atoms with Gasteiger partial charge in [0.2, 0.25) is 0 Å². The van der Waals surface area contributed by atoms with E-state index in [9.17, 15) is 0 Å². The first-order chi connectivity index (χ1) is 8.27. The SMILES string of the molecule is Ic1ccc2c(c1)NCCC1(CCCCC1)N2. The highest BCUT2D eigenvalue weighted by Gasteiger charge is 2.33. The molecule has 0 aromatic heterocycles. The van der Waals surface area contributed by atoms with Gasteiger partial charge in [0.05, 0.1) is 11.4 Å². The molecule has 1 saturated carbocycles. The van der Waals surface area contributed by atoms with Gasteiger partial charge in [0.15, 0.2) is 0 Å². The van der Waals surface area contributed by atoms with Crippen molar-refractivity contribution in [2.75, 3.05) is 17.2 Å². The van der Waals surface area contributed by atoms with Gasteiger partial charge in [0.25, 0.3) is 0 Å². The molecular weight excluding hydrogens is 323 g/mol. The van der Waals surface area contributed by atoms with Gasteiger partial charge in [-0.3, -0.25) is 0 Å². The van der Waals surface area contributed by atoms with E-state index in [2.05, 4.69) is 51.4 Å². The average molecular weight is 342 g/mol. The van der Waals surface area contributed by atoms with Crippen molar-refractivity contribution in [3.8, 4) is 0 Å². The monoisotopic (exact) mass is 342 g/mol. The van der Waals surface area contributed by atoms with Gasteiger partial charge in [-0.25, -0.2) is 0 Å².